The highest BCUT2D eigenvalue weighted by Gasteiger charge is 2.22. The van der Waals surface area contributed by atoms with Crippen LogP contribution < -0.4 is 5.32 Å². The van der Waals surface area contributed by atoms with Crippen molar-refractivity contribution in [3.63, 3.8) is 0 Å². The number of carbonyl (C=O) groups is 1. The zero-order valence-corrected chi connectivity index (χ0v) is 17.9. The van der Waals surface area contributed by atoms with E-state index >= 15 is 0 Å². The van der Waals surface area contributed by atoms with E-state index in [4.69, 9.17) is 4.42 Å². The largest absolute Gasteiger partial charge is 0.431 e. The first-order valence-corrected chi connectivity index (χ1v) is 11.8. The number of nitro benzene ring substituents is 1. The van der Waals surface area contributed by atoms with Gasteiger partial charge in [-0.3, -0.25) is 14.9 Å². The number of sulfone groups is 1. The second-order valence-corrected chi connectivity index (χ2v) is 10.2. The molecule has 13 heteroatoms. The van der Waals surface area contributed by atoms with Crippen molar-refractivity contribution in [3.05, 3.63) is 64.8 Å². The van der Waals surface area contributed by atoms with Gasteiger partial charge in [0.25, 0.3) is 10.9 Å². The number of anilines is 1. The van der Waals surface area contributed by atoms with E-state index in [1.54, 1.807) is 12.1 Å². The van der Waals surface area contributed by atoms with E-state index in [0.717, 1.165) is 53.6 Å². The Hall–Kier alpha value is -3.29. The number of hydrogen-bond donors (Lipinski definition) is 1. The molecule has 2 heterocycles. The Bertz CT molecular complexity index is 1350. The van der Waals surface area contributed by atoms with Gasteiger partial charge in [-0.15, -0.1) is 0 Å². The molecule has 0 saturated carbocycles. The van der Waals surface area contributed by atoms with Crippen LogP contribution in [0.15, 0.2) is 73.5 Å². The van der Waals surface area contributed by atoms with Crippen molar-refractivity contribution in [2.24, 2.45) is 0 Å². The smallest absolute Gasteiger partial charge is 0.269 e. The van der Waals surface area contributed by atoms with Crippen molar-refractivity contribution in [1.29, 1.82) is 0 Å². The van der Waals surface area contributed by atoms with Gasteiger partial charge in [-0.25, -0.2) is 18.4 Å². The van der Waals surface area contributed by atoms with Crippen molar-refractivity contribution in [3.8, 4) is 0 Å². The third kappa shape index (κ3) is 4.57. The van der Waals surface area contributed by atoms with Gasteiger partial charge in [-0.05, 0) is 24.3 Å². The fourth-order valence-corrected chi connectivity index (χ4v) is 5.59. The first-order valence-electron chi connectivity index (χ1n) is 8.56. The number of benzene rings is 2. The molecule has 158 valence electrons. The summed E-state index contributed by atoms with van der Waals surface area (Å²) in [6.45, 7) is 0. The Morgan fingerprint density at radius 1 is 1.19 bits per heavy atom. The van der Waals surface area contributed by atoms with Gasteiger partial charge in [0.05, 0.1) is 21.8 Å². The molecule has 2 aromatic carbocycles. The van der Waals surface area contributed by atoms with Gasteiger partial charge in [-0.2, -0.15) is 0 Å². The predicted octanol–water partition coefficient (Wildman–Crippen LogP) is 3.76. The summed E-state index contributed by atoms with van der Waals surface area (Å²) in [6, 6.07) is 11.8. The lowest BCUT2D eigenvalue weighted by atomic mass is 10.3. The minimum absolute atomic E-state index is 0.00314. The number of nitro groups is 1. The first-order chi connectivity index (χ1) is 14.8. The molecule has 4 rings (SSSR count). The van der Waals surface area contributed by atoms with E-state index in [1.807, 2.05) is 12.1 Å². The van der Waals surface area contributed by atoms with Gasteiger partial charge < -0.3 is 9.73 Å². The third-order valence-electron chi connectivity index (χ3n) is 3.95. The van der Waals surface area contributed by atoms with Crippen LogP contribution >= 0.6 is 23.1 Å². The number of aromatic nitrogens is 2. The molecule has 1 N–H and O–H groups in total. The van der Waals surface area contributed by atoms with Gasteiger partial charge in [0.2, 0.25) is 15.7 Å². The SMILES string of the molecule is O=C(CSc1nc2ccccc2o1)Nc1ncc(S(=O)(=O)c2ccc([N+](=O)[O-])cc2)s1. The normalized spacial score (nSPS) is 11.5. The van der Waals surface area contributed by atoms with E-state index < -0.39 is 20.7 Å². The average molecular weight is 477 g/mol. The summed E-state index contributed by atoms with van der Waals surface area (Å²) in [7, 11) is -3.91. The van der Waals surface area contributed by atoms with Crippen molar-refractivity contribution in [2.45, 2.75) is 14.3 Å². The molecule has 0 bridgehead atoms. The zero-order chi connectivity index (χ0) is 22.0. The van der Waals surface area contributed by atoms with Crippen LogP contribution in [0.5, 0.6) is 0 Å². The summed E-state index contributed by atoms with van der Waals surface area (Å²) in [5, 5.41) is 13.7. The van der Waals surface area contributed by atoms with Gasteiger partial charge in [-0.1, -0.05) is 35.2 Å². The van der Waals surface area contributed by atoms with E-state index in [9.17, 15) is 23.3 Å². The second-order valence-electron chi connectivity index (χ2n) is 6.02. The Kier molecular flexibility index (Phi) is 5.71. The first kappa shape index (κ1) is 21.0. The van der Waals surface area contributed by atoms with Gasteiger partial charge in [0.1, 0.15) is 9.73 Å². The minimum atomic E-state index is -3.91. The summed E-state index contributed by atoms with van der Waals surface area (Å²) < 4.78 is 30.8. The second kappa shape index (κ2) is 8.45. The number of nitrogens with zero attached hydrogens (tertiary/aromatic N) is 3. The molecule has 31 heavy (non-hydrogen) atoms. The Morgan fingerprint density at radius 2 is 1.94 bits per heavy atom. The topological polar surface area (TPSA) is 145 Å². The standard InChI is InChI=1S/C18H12N4O6S3/c23-15(10-29-18-20-13-3-1-2-4-14(13)28-18)21-17-19-9-16(30-17)31(26,27)12-7-5-11(6-8-12)22(24)25/h1-9H,10H2,(H,19,21,23). The highest BCUT2D eigenvalue weighted by atomic mass is 32.2. The maximum absolute atomic E-state index is 12.7. The number of para-hydroxylation sites is 2. The quantitative estimate of drug-likeness (QED) is 0.239. The molecule has 1 amide bonds. The number of nitrogens with one attached hydrogen (secondary N) is 1. The molecule has 0 spiro atoms. The highest BCUT2D eigenvalue weighted by molar-refractivity contribution is 7.99. The zero-order valence-electron chi connectivity index (χ0n) is 15.4. The lowest BCUT2D eigenvalue weighted by molar-refractivity contribution is -0.384. The van der Waals surface area contributed by atoms with Crippen LogP contribution in [0.3, 0.4) is 0 Å². The summed E-state index contributed by atoms with van der Waals surface area (Å²) >= 11 is 1.89. The lowest BCUT2D eigenvalue weighted by Gasteiger charge is -2.01. The van der Waals surface area contributed by atoms with E-state index in [-0.39, 0.29) is 25.7 Å². The molecule has 0 radical (unpaired) electrons. The third-order valence-corrected chi connectivity index (χ3v) is 7.93. The van der Waals surface area contributed by atoms with E-state index in [1.165, 1.54) is 0 Å². The summed E-state index contributed by atoms with van der Waals surface area (Å²) in [5.41, 5.74) is 1.09. The maximum atomic E-state index is 12.7. The Morgan fingerprint density at radius 3 is 2.65 bits per heavy atom. The van der Waals surface area contributed by atoms with Crippen LogP contribution in [-0.4, -0.2) is 35.0 Å². The molecular formula is C18H12N4O6S3. The molecule has 0 saturated heterocycles. The number of hydrogen-bond acceptors (Lipinski definition) is 10. The molecule has 0 aliphatic rings. The molecule has 4 aromatic rings. The summed E-state index contributed by atoms with van der Waals surface area (Å²) in [4.78, 5) is 30.4. The maximum Gasteiger partial charge on any atom is 0.269 e. The van der Waals surface area contributed by atoms with E-state index in [2.05, 4.69) is 15.3 Å². The number of carbonyl (C=O) groups excluding carboxylic acids is 1. The van der Waals surface area contributed by atoms with Crippen LogP contribution in [0.25, 0.3) is 11.1 Å². The number of fused-ring (bicyclic) bond motifs is 1. The summed E-state index contributed by atoms with van der Waals surface area (Å²) in [5.74, 6) is -0.405. The van der Waals surface area contributed by atoms with Crippen LogP contribution in [0.2, 0.25) is 0 Å². The molecule has 0 atom stereocenters. The van der Waals surface area contributed by atoms with Gasteiger partial charge in [0, 0.05) is 12.1 Å². The molecular weight excluding hydrogens is 464 g/mol. The Balaban J connectivity index is 1.40. The molecule has 0 aliphatic carbocycles. The van der Waals surface area contributed by atoms with Crippen molar-refractivity contribution >= 4 is 60.8 Å². The number of non-ortho nitro benzene ring substituents is 1. The average Bonchev–Trinajstić information content (AvgIpc) is 3.39. The number of thioether (sulfide) groups is 1. The number of amides is 1. The molecule has 0 fully saturated rings. The monoisotopic (exact) mass is 476 g/mol. The van der Waals surface area contributed by atoms with E-state index in [0.29, 0.717) is 16.3 Å². The van der Waals surface area contributed by atoms with Crippen molar-refractivity contribution in [2.75, 3.05) is 11.1 Å². The molecule has 10 nitrogen and oxygen atoms in total. The number of rotatable bonds is 7. The highest BCUT2D eigenvalue weighted by Crippen LogP contribution is 2.30. The molecule has 0 aliphatic heterocycles. The van der Waals surface area contributed by atoms with Gasteiger partial charge >= 0.3 is 0 Å². The van der Waals surface area contributed by atoms with Crippen LogP contribution in [0.4, 0.5) is 10.8 Å². The van der Waals surface area contributed by atoms with Gasteiger partial charge in [0.15, 0.2) is 10.7 Å². The minimum Gasteiger partial charge on any atom is -0.431 e. The molecule has 2 aromatic heterocycles. The fraction of sp³-hybridized carbons (Fsp3) is 0.0556. The summed E-state index contributed by atoms with van der Waals surface area (Å²) in [6.07, 6.45) is 1.13. The number of oxazole rings is 1. The molecule has 0 unspecified atom stereocenters. The number of thiazole rings is 1. The van der Waals surface area contributed by atoms with Crippen LogP contribution in [-0.2, 0) is 14.6 Å². The predicted molar refractivity (Wildman–Crippen MR) is 114 cm³/mol. The fourth-order valence-electron chi connectivity index (χ4n) is 2.50. The van der Waals surface area contributed by atoms with Crippen molar-refractivity contribution in [1.82, 2.24) is 9.97 Å². The van der Waals surface area contributed by atoms with Crippen LogP contribution in [0.1, 0.15) is 0 Å². The Labute approximate surface area is 183 Å². The van der Waals surface area contributed by atoms with Crippen LogP contribution in [0, 0.1) is 10.1 Å². The lowest BCUT2D eigenvalue weighted by Crippen LogP contribution is -2.13. The van der Waals surface area contributed by atoms with Crippen molar-refractivity contribution < 1.29 is 22.6 Å².